The van der Waals surface area contributed by atoms with Crippen molar-refractivity contribution in [2.45, 2.75) is 106 Å². The van der Waals surface area contributed by atoms with Crippen molar-refractivity contribution in [1.82, 2.24) is 24.8 Å². The zero-order valence-corrected chi connectivity index (χ0v) is 32.8. The normalized spacial score (nSPS) is 32.4. The molecule has 1 unspecified atom stereocenters. The maximum atomic E-state index is 15.2. The first-order valence-electron chi connectivity index (χ1n) is 19.3. The summed E-state index contributed by atoms with van der Waals surface area (Å²) in [7, 11) is -2.88. The molecular weight excluding hydrogens is 750 g/mol. The van der Waals surface area contributed by atoms with Gasteiger partial charge in [0.15, 0.2) is 0 Å². The second-order valence-corrected chi connectivity index (χ2v) is 18.3. The summed E-state index contributed by atoms with van der Waals surface area (Å²) in [6.45, 7) is 4.70. The first-order valence-corrected chi connectivity index (χ1v) is 20.8. The van der Waals surface area contributed by atoms with Crippen molar-refractivity contribution < 1.29 is 51.3 Å². The van der Waals surface area contributed by atoms with E-state index in [2.05, 4.69) is 15.0 Å². The van der Waals surface area contributed by atoms with Crippen LogP contribution >= 0.6 is 0 Å². The van der Waals surface area contributed by atoms with Crippen molar-refractivity contribution in [2.24, 2.45) is 17.8 Å². The molecular formula is C39H50FN5O10S. The minimum Gasteiger partial charge on any atom is -0.494 e. The van der Waals surface area contributed by atoms with Crippen molar-refractivity contribution >= 4 is 44.6 Å². The summed E-state index contributed by atoms with van der Waals surface area (Å²) in [5.74, 6) is -2.51. The SMILES string of the molecule is COc1cnc(O[C@@H]2C[C@H]3C(=O)N[C@]4(C(=O)NS(=O)(=O)C5(CF)CC5)C[C@H]4/C=C\CC[C@@H](C)C[C@@H](C)[C@H](N(C(=O)O)C4COC4)C(=O)N3C2C)c2ccccc12. The Balaban J connectivity index is 1.28. The Kier molecular flexibility index (Phi) is 10.7. The average molecular weight is 800 g/mol. The van der Waals surface area contributed by atoms with Gasteiger partial charge in [-0.15, -0.1) is 0 Å². The smallest absolute Gasteiger partial charge is 0.408 e. The van der Waals surface area contributed by atoms with Crippen LogP contribution in [0, 0.1) is 17.8 Å². The summed E-state index contributed by atoms with van der Waals surface area (Å²) in [5, 5.41) is 14.8. The first kappa shape index (κ1) is 39.7. The van der Waals surface area contributed by atoms with Gasteiger partial charge in [0.2, 0.25) is 27.7 Å². The summed E-state index contributed by atoms with van der Waals surface area (Å²) in [5.41, 5.74) is -1.69. The van der Waals surface area contributed by atoms with Crippen molar-refractivity contribution in [3.05, 3.63) is 42.6 Å². The van der Waals surface area contributed by atoms with E-state index in [-0.39, 0.29) is 50.7 Å². The molecule has 8 atom stereocenters. The van der Waals surface area contributed by atoms with Crippen molar-refractivity contribution in [3.63, 3.8) is 0 Å². The highest BCUT2D eigenvalue weighted by Crippen LogP contribution is 2.48. The molecule has 0 spiro atoms. The second kappa shape index (κ2) is 15.1. The number of aromatic nitrogens is 1. The number of hydrogen-bond donors (Lipinski definition) is 3. The standard InChI is InChI=1S/C39H50FN5O10S/c1-22-9-5-6-10-25-17-39(25,36(48)43-56(51,52)38(21-40)13-14-38)42-33(46)29-16-30(55-34-28-12-8-7-11-27(28)31(53-4)18-41-34)24(3)44(29)35(47)32(23(2)15-22)45(37(49)50)26-19-54-20-26/h6-8,10-12,18,22-26,29-30,32H,5,9,13-17,19-21H2,1-4H3,(H,42,46)(H,43,48)(H,49,50)/b10-6-/t22-,23-,24?,25-,29+,30-,32+,39-/m1/s1. The average Bonchev–Trinajstić information content (AvgIpc) is 4.05. The molecule has 56 heavy (non-hydrogen) atoms. The molecule has 2 saturated heterocycles. The van der Waals surface area contributed by atoms with Gasteiger partial charge in [-0.1, -0.05) is 44.2 Å². The minimum absolute atomic E-state index is 0.0562. The summed E-state index contributed by atoms with van der Waals surface area (Å²) in [6, 6.07) is 3.51. The third-order valence-corrected chi connectivity index (χ3v) is 14.6. The molecule has 4 amide bonds. The highest BCUT2D eigenvalue weighted by atomic mass is 32.2. The van der Waals surface area contributed by atoms with Crippen LogP contribution in [0.5, 0.6) is 11.6 Å². The highest BCUT2D eigenvalue weighted by molar-refractivity contribution is 7.91. The Morgan fingerprint density at radius 2 is 1.86 bits per heavy atom. The van der Waals surface area contributed by atoms with E-state index in [0.717, 1.165) is 10.3 Å². The molecule has 17 heteroatoms. The summed E-state index contributed by atoms with van der Waals surface area (Å²) in [6.07, 6.45) is 5.06. The summed E-state index contributed by atoms with van der Waals surface area (Å²) >= 11 is 0. The van der Waals surface area contributed by atoms with E-state index in [9.17, 15) is 32.3 Å². The number of alkyl halides is 1. The Labute approximate surface area is 325 Å². The lowest BCUT2D eigenvalue weighted by atomic mass is 9.86. The lowest BCUT2D eigenvalue weighted by Gasteiger charge is -2.44. The zero-order chi connectivity index (χ0) is 40.2. The van der Waals surface area contributed by atoms with Crippen molar-refractivity contribution in [2.75, 3.05) is 27.0 Å². The number of amides is 4. The molecule has 15 nitrogen and oxygen atoms in total. The molecule has 1 aromatic heterocycles. The van der Waals surface area contributed by atoms with Crippen LogP contribution in [0.4, 0.5) is 9.18 Å². The zero-order valence-electron chi connectivity index (χ0n) is 32.0. The lowest BCUT2D eigenvalue weighted by Crippen LogP contribution is -2.64. The summed E-state index contributed by atoms with van der Waals surface area (Å²) < 4.78 is 58.1. The number of nitrogens with zero attached hydrogens (tertiary/aromatic N) is 3. The van der Waals surface area contributed by atoms with E-state index in [4.69, 9.17) is 14.2 Å². The van der Waals surface area contributed by atoms with Gasteiger partial charge in [-0.2, -0.15) is 0 Å². The number of carbonyl (C=O) groups is 4. The van der Waals surface area contributed by atoms with Crippen LogP contribution < -0.4 is 19.5 Å². The number of halogens is 1. The fourth-order valence-corrected chi connectivity index (χ4v) is 10.1. The van der Waals surface area contributed by atoms with Gasteiger partial charge in [-0.3, -0.25) is 24.0 Å². The fourth-order valence-electron chi connectivity index (χ4n) is 8.69. The van der Waals surface area contributed by atoms with Crippen LogP contribution in [0.1, 0.15) is 65.7 Å². The van der Waals surface area contributed by atoms with Crippen LogP contribution in [0.15, 0.2) is 42.6 Å². The summed E-state index contributed by atoms with van der Waals surface area (Å²) in [4.78, 5) is 63.8. The number of allylic oxidation sites excluding steroid dienone is 1. The van der Waals surface area contributed by atoms with Crippen LogP contribution in [0.3, 0.4) is 0 Å². The number of carboxylic acid groups (broad SMARTS) is 1. The maximum absolute atomic E-state index is 15.2. The van der Waals surface area contributed by atoms with E-state index in [1.165, 1.54) is 18.2 Å². The quantitative estimate of drug-likeness (QED) is 0.314. The number of ether oxygens (including phenoxy) is 3. The largest absolute Gasteiger partial charge is 0.494 e. The van der Waals surface area contributed by atoms with Gasteiger partial charge in [0.25, 0.3) is 5.91 Å². The van der Waals surface area contributed by atoms with Gasteiger partial charge in [-0.25, -0.2) is 22.6 Å². The number of sulfonamides is 1. The van der Waals surface area contributed by atoms with Gasteiger partial charge in [0, 0.05) is 23.1 Å². The second-order valence-electron chi connectivity index (χ2n) is 16.2. The molecule has 304 valence electrons. The number of pyridine rings is 1. The molecule has 2 aromatic rings. The minimum atomic E-state index is -4.41. The van der Waals surface area contributed by atoms with E-state index in [1.807, 2.05) is 44.2 Å². The van der Waals surface area contributed by atoms with Gasteiger partial charge >= 0.3 is 6.09 Å². The van der Waals surface area contributed by atoms with Crippen molar-refractivity contribution in [3.8, 4) is 11.6 Å². The molecule has 2 aliphatic carbocycles. The van der Waals surface area contributed by atoms with Crippen LogP contribution in [-0.4, -0.2) is 120 Å². The van der Waals surface area contributed by atoms with Crippen LogP contribution in [0.2, 0.25) is 0 Å². The number of benzene rings is 1. The number of nitrogens with one attached hydrogen (secondary N) is 2. The molecule has 4 fully saturated rings. The molecule has 3 aliphatic heterocycles. The number of methoxy groups -OCH3 is 1. The third kappa shape index (κ3) is 7.05. The number of hydrogen-bond acceptors (Lipinski definition) is 10. The van der Waals surface area contributed by atoms with Gasteiger partial charge in [0.05, 0.1) is 38.6 Å². The van der Waals surface area contributed by atoms with E-state index in [1.54, 1.807) is 13.0 Å². The third-order valence-electron chi connectivity index (χ3n) is 12.4. The molecule has 0 radical (unpaired) electrons. The Bertz CT molecular complexity index is 2020. The predicted molar refractivity (Wildman–Crippen MR) is 201 cm³/mol. The van der Waals surface area contributed by atoms with Gasteiger partial charge in [0.1, 0.15) is 40.9 Å². The molecule has 0 bridgehead atoms. The van der Waals surface area contributed by atoms with Crippen LogP contribution in [-0.2, 0) is 29.1 Å². The van der Waals surface area contributed by atoms with E-state index in [0.29, 0.717) is 30.4 Å². The molecule has 2 saturated carbocycles. The topological polar surface area (TPSA) is 194 Å². The molecule has 3 N–H and O–H groups in total. The van der Waals surface area contributed by atoms with Gasteiger partial charge in [-0.05, 0) is 63.4 Å². The highest BCUT2D eigenvalue weighted by Gasteiger charge is 2.64. The van der Waals surface area contributed by atoms with Crippen molar-refractivity contribution in [1.29, 1.82) is 0 Å². The molecule has 5 aliphatic rings. The van der Waals surface area contributed by atoms with E-state index >= 15 is 4.79 Å². The maximum Gasteiger partial charge on any atom is 0.408 e. The Morgan fingerprint density at radius 1 is 1.14 bits per heavy atom. The molecule has 7 rings (SSSR count). The number of fused-ring (bicyclic) bond motifs is 3. The molecule has 1 aromatic carbocycles. The molecule has 4 heterocycles. The fraction of sp³-hybridized carbons (Fsp3) is 0.615. The lowest BCUT2D eigenvalue weighted by molar-refractivity contribution is -0.151. The van der Waals surface area contributed by atoms with E-state index < -0.39 is 92.9 Å². The number of rotatable bonds is 9. The van der Waals surface area contributed by atoms with Gasteiger partial charge < -0.3 is 29.5 Å². The predicted octanol–water partition coefficient (Wildman–Crippen LogP) is 3.56. The number of carbonyl (C=O) groups excluding carboxylic acids is 3. The van der Waals surface area contributed by atoms with Crippen LogP contribution in [0.25, 0.3) is 10.8 Å². The Morgan fingerprint density at radius 3 is 2.48 bits per heavy atom. The monoisotopic (exact) mass is 799 g/mol. The Hall–Kier alpha value is -4.51. The first-order chi connectivity index (χ1) is 26.7.